The lowest BCUT2D eigenvalue weighted by molar-refractivity contribution is -0.129. The van der Waals surface area contributed by atoms with E-state index < -0.39 is 49.1 Å². The molecule has 0 spiro atoms. The second-order valence-electron chi connectivity index (χ2n) is 11.0. The summed E-state index contributed by atoms with van der Waals surface area (Å²) in [7, 11) is -1.80. The van der Waals surface area contributed by atoms with Crippen LogP contribution in [0.5, 0.6) is 0 Å². The molecule has 2 amide bonds. The monoisotopic (exact) mass is 530 g/mol. The summed E-state index contributed by atoms with van der Waals surface area (Å²) in [4.78, 5) is 28.9. The Hall–Kier alpha value is -3.01. The number of carbonyl (C=O) groups is 2. The van der Waals surface area contributed by atoms with Gasteiger partial charge in [-0.15, -0.1) is 0 Å². The molecule has 1 aromatic rings. The molecule has 2 heterocycles. The van der Waals surface area contributed by atoms with E-state index in [0.29, 0.717) is 6.54 Å². The number of nitriles is 1. The highest BCUT2D eigenvalue weighted by Crippen LogP contribution is 2.50. The van der Waals surface area contributed by atoms with Gasteiger partial charge in [0.1, 0.15) is 18.2 Å². The van der Waals surface area contributed by atoms with Crippen LogP contribution in [-0.2, 0) is 16.0 Å². The Kier molecular flexibility index (Phi) is 8.11. The van der Waals surface area contributed by atoms with Gasteiger partial charge >= 0.3 is 13.2 Å². The van der Waals surface area contributed by atoms with Crippen molar-refractivity contribution in [3.8, 4) is 6.07 Å². The minimum atomic E-state index is -2.80. The van der Waals surface area contributed by atoms with Crippen LogP contribution >= 0.6 is 0 Å². The number of likely N-dealkylation sites (tertiary alicyclic amines) is 2. The van der Waals surface area contributed by atoms with Crippen LogP contribution in [0.15, 0.2) is 42.0 Å². The molecule has 38 heavy (non-hydrogen) atoms. The highest BCUT2D eigenvalue weighted by atomic mass is 19.3. The van der Waals surface area contributed by atoms with E-state index in [1.165, 1.54) is 11.0 Å². The number of hydrogen-bond acceptors (Lipinski definition) is 7. The summed E-state index contributed by atoms with van der Waals surface area (Å²) in [5.74, 6) is -3.91. The standard InChI is InChI=1S/C26H33BF2N4O5/c1-25(2,32-9-8-26(28,29)16-32)12-19(13-30)23(34)33-14-18-11-20(18)21(33)15-38-24(35)31-22(27(36)37)10-17-6-4-3-5-7-17/h3-7,12,18,20-22,36-37H,8-11,14-16H2,1-2H3,(H,31,35)/t18-,20-,21-,22?/m0/s1. The molecule has 12 heteroatoms. The van der Waals surface area contributed by atoms with Crippen molar-refractivity contribution in [2.24, 2.45) is 11.8 Å². The van der Waals surface area contributed by atoms with E-state index in [1.54, 1.807) is 43.0 Å². The molecule has 3 aliphatic rings. The van der Waals surface area contributed by atoms with Crippen LogP contribution in [0.3, 0.4) is 0 Å². The number of piperidine rings is 1. The Morgan fingerprint density at radius 2 is 2.05 bits per heavy atom. The van der Waals surface area contributed by atoms with Crippen molar-refractivity contribution in [2.45, 2.75) is 56.6 Å². The van der Waals surface area contributed by atoms with Gasteiger partial charge < -0.3 is 25.0 Å². The average molecular weight is 530 g/mol. The van der Waals surface area contributed by atoms with Crippen molar-refractivity contribution in [3.05, 3.63) is 47.5 Å². The first kappa shape index (κ1) is 28.0. The van der Waals surface area contributed by atoms with E-state index in [4.69, 9.17) is 4.74 Å². The third-order valence-electron chi connectivity index (χ3n) is 7.74. The Morgan fingerprint density at radius 1 is 1.34 bits per heavy atom. The van der Waals surface area contributed by atoms with Crippen LogP contribution < -0.4 is 5.32 Å². The summed E-state index contributed by atoms with van der Waals surface area (Å²) in [6, 6.07) is 10.5. The molecule has 0 aromatic heterocycles. The van der Waals surface area contributed by atoms with Crippen molar-refractivity contribution in [2.75, 3.05) is 26.2 Å². The lowest BCUT2D eigenvalue weighted by Gasteiger charge is -2.33. The van der Waals surface area contributed by atoms with Gasteiger partial charge in [0.25, 0.3) is 11.8 Å². The summed E-state index contributed by atoms with van der Waals surface area (Å²) < 4.78 is 32.9. The second kappa shape index (κ2) is 11.0. The molecule has 1 aromatic carbocycles. The minimum absolute atomic E-state index is 0.112. The summed E-state index contributed by atoms with van der Waals surface area (Å²) >= 11 is 0. The third-order valence-corrected chi connectivity index (χ3v) is 7.74. The summed E-state index contributed by atoms with van der Waals surface area (Å²) in [6.45, 7) is 3.44. The maximum Gasteiger partial charge on any atom is 0.475 e. The number of halogens is 2. The van der Waals surface area contributed by atoms with Gasteiger partial charge in [-0.2, -0.15) is 5.26 Å². The Balaban J connectivity index is 1.38. The van der Waals surface area contributed by atoms with E-state index in [0.717, 1.165) is 12.0 Å². The summed E-state index contributed by atoms with van der Waals surface area (Å²) in [5.41, 5.74) is -0.253. The number of carbonyl (C=O) groups excluding carboxylic acids is 2. The maximum atomic E-state index is 13.8. The van der Waals surface area contributed by atoms with Crippen molar-refractivity contribution in [1.29, 1.82) is 5.26 Å². The molecular weight excluding hydrogens is 497 g/mol. The van der Waals surface area contributed by atoms with Crippen molar-refractivity contribution in [3.63, 3.8) is 0 Å². The van der Waals surface area contributed by atoms with Gasteiger partial charge in [0, 0.05) is 25.0 Å². The molecule has 0 radical (unpaired) electrons. The van der Waals surface area contributed by atoms with E-state index in [1.807, 2.05) is 12.1 Å². The number of alkyl carbamates (subject to hydrolysis) is 1. The first-order chi connectivity index (χ1) is 17.9. The zero-order chi connectivity index (χ0) is 27.7. The van der Waals surface area contributed by atoms with Crippen molar-refractivity contribution >= 4 is 19.1 Å². The average Bonchev–Trinajstić information content (AvgIpc) is 3.39. The van der Waals surface area contributed by atoms with E-state index >= 15 is 0 Å². The van der Waals surface area contributed by atoms with Gasteiger partial charge in [-0.25, -0.2) is 13.6 Å². The van der Waals surface area contributed by atoms with Crippen LogP contribution in [-0.4, -0.2) is 88.7 Å². The van der Waals surface area contributed by atoms with Gasteiger partial charge in [0.15, 0.2) is 0 Å². The van der Waals surface area contributed by atoms with Gasteiger partial charge in [-0.3, -0.25) is 9.69 Å². The quantitative estimate of drug-likeness (QED) is 0.252. The number of benzene rings is 1. The molecule has 3 fully saturated rings. The maximum absolute atomic E-state index is 13.8. The number of hydrogen-bond donors (Lipinski definition) is 3. The molecule has 1 saturated carbocycles. The van der Waals surface area contributed by atoms with Gasteiger partial charge in [-0.05, 0) is 50.2 Å². The van der Waals surface area contributed by atoms with E-state index in [9.17, 15) is 33.7 Å². The smallest absolute Gasteiger partial charge is 0.447 e. The number of nitrogens with zero attached hydrogens (tertiary/aromatic N) is 3. The third kappa shape index (κ3) is 6.52. The van der Waals surface area contributed by atoms with E-state index in [2.05, 4.69) is 5.32 Å². The Bertz CT molecular complexity index is 1110. The Morgan fingerprint density at radius 3 is 2.66 bits per heavy atom. The van der Waals surface area contributed by atoms with Crippen molar-refractivity contribution < 1.29 is 33.2 Å². The zero-order valence-corrected chi connectivity index (χ0v) is 21.5. The molecule has 1 aliphatic carbocycles. The molecule has 9 nitrogen and oxygen atoms in total. The van der Waals surface area contributed by atoms with Crippen LogP contribution in [0.2, 0.25) is 0 Å². The molecule has 2 aliphatic heterocycles. The molecule has 1 unspecified atom stereocenters. The fourth-order valence-corrected chi connectivity index (χ4v) is 5.44. The fraction of sp³-hybridized carbons (Fsp3) is 0.577. The molecule has 4 rings (SSSR count). The highest BCUT2D eigenvalue weighted by Gasteiger charge is 2.55. The predicted octanol–water partition coefficient (Wildman–Crippen LogP) is 1.75. The predicted molar refractivity (Wildman–Crippen MR) is 135 cm³/mol. The normalized spacial score (nSPS) is 25.3. The lowest BCUT2D eigenvalue weighted by Crippen LogP contribution is -2.49. The molecular formula is C26H33BF2N4O5. The highest BCUT2D eigenvalue weighted by molar-refractivity contribution is 6.43. The fourth-order valence-electron chi connectivity index (χ4n) is 5.44. The number of fused-ring (bicyclic) bond motifs is 1. The first-order valence-corrected chi connectivity index (χ1v) is 12.8. The SMILES string of the molecule is CC(C)(C=C(C#N)C(=O)N1C[C@@H]2C[C@@H]2[C@@H]1COC(=O)NC(Cc1ccccc1)B(O)O)N1CCC(F)(F)C1. The van der Waals surface area contributed by atoms with Crippen LogP contribution in [0.1, 0.15) is 32.3 Å². The second-order valence-corrected chi connectivity index (χ2v) is 11.0. The van der Waals surface area contributed by atoms with Crippen LogP contribution in [0.25, 0.3) is 0 Å². The molecule has 0 bridgehead atoms. The van der Waals surface area contributed by atoms with E-state index in [-0.39, 0.29) is 43.4 Å². The van der Waals surface area contributed by atoms with Crippen molar-refractivity contribution in [1.82, 2.24) is 15.1 Å². The summed E-state index contributed by atoms with van der Waals surface area (Å²) in [6.07, 6.45) is 1.40. The molecule has 4 atom stereocenters. The molecule has 3 N–H and O–H groups in total. The molecule has 204 valence electrons. The number of nitrogens with one attached hydrogen (secondary N) is 1. The van der Waals surface area contributed by atoms with Crippen LogP contribution in [0, 0.1) is 23.2 Å². The molecule has 2 saturated heterocycles. The number of alkyl halides is 2. The zero-order valence-electron chi connectivity index (χ0n) is 21.5. The number of ether oxygens (including phenoxy) is 1. The Labute approximate surface area is 221 Å². The number of amides is 2. The summed E-state index contributed by atoms with van der Waals surface area (Å²) in [5, 5.41) is 31.6. The van der Waals surface area contributed by atoms with Gasteiger partial charge in [0.05, 0.1) is 18.5 Å². The van der Waals surface area contributed by atoms with Crippen LogP contribution in [0.4, 0.5) is 13.6 Å². The topological polar surface area (TPSA) is 126 Å². The van der Waals surface area contributed by atoms with Gasteiger partial charge in [0.2, 0.25) is 0 Å². The largest absolute Gasteiger partial charge is 0.475 e. The first-order valence-electron chi connectivity index (χ1n) is 12.8. The van der Waals surface area contributed by atoms with Gasteiger partial charge in [-0.1, -0.05) is 30.3 Å². The lowest BCUT2D eigenvalue weighted by atomic mass is 9.76. The number of rotatable bonds is 9. The minimum Gasteiger partial charge on any atom is -0.447 e.